The lowest BCUT2D eigenvalue weighted by molar-refractivity contribution is 0.0881. The minimum atomic E-state index is -0.732. The smallest absolute Gasteiger partial charge is 0.416 e. The summed E-state index contributed by atoms with van der Waals surface area (Å²) in [6.07, 6.45) is -0.884. The molecule has 2 aliphatic rings. The molecule has 2 N–H and O–H groups in total. The predicted octanol–water partition coefficient (Wildman–Crippen LogP) is 2.55. The Morgan fingerprint density at radius 1 is 1.24 bits per heavy atom. The first-order valence-electron chi connectivity index (χ1n) is 11.3. The molecule has 2 saturated heterocycles. The first-order valence-corrected chi connectivity index (χ1v) is 11.3. The van der Waals surface area contributed by atoms with Crippen LogP contribution in [-0.2, 0) is 16.0 Å². The van der Waals surface area contributed by atoms with Gasteiger partial charge >= 0.3 is 6.09 Å². The van der Waals surface area contributed by atoms with Crippen LogP contribution in [0.3, 0.4) is 0 Å². The number of halogens is 1. The number of carbonyl (C=O) groups excluding carboxylic acids is 1. The zero-order chi connectivity index (χ0) is 23.4. The number of cyclic esters (lactones) is 1. The van der Waals surface area contributed by atoms with Gasteiger partial charge in [0.2, 0.25) is 11.9 Å². The molecule has 2 unspecified atom stereocenters. The molecule has 2 aromatic rings. The third-order valence-electron chi connectivity index (χ3n) is 6.19. The van der Waals surface area contributed by atoms with Gasteiger partial charge in [-0.1, -0.05) is 24.3 Å². The largest absolute Gasteiger partial charge is 0.447 e. The van der Waals surface area contributed by atoms with Gasteiger partial charge in [-0.25, -0.2) is 4.79 Å². The fourth-order valence-corrected chi connectivity index (χ4v) is 4.11. The van der Waals surface area contributed by atoms with Crippen LogP contribution in [0.2, 0.25) is 0 Å². The van der Waals surface area contributed by atoms with Crippen molar-refractivity contribution in [1.29, 1.82) is 0 Å². The number of ether oxygens (including phenoxy) is 2. The lowest BCUT2D eigenvalue weighted by Gasteiger charge is -2.27. The van der Waals surface area contributed by atoms with Crippen LogP contribution in [-0.4, -0.2) is 73.0 Å². The van der Waals surface area contributed by atoms with E-state index < -0.39 is 18.1 Å². The summed E-state index contributed by atoms with van der Waals surface area (Å²) in [4.78, 5) is 24.3. The van der Waals surface area contributed by atoms with Gasteiger partial charge in [0.15, 0.2) is 0 Å². The number of carbonyl (C=O) groups is 1. The van der Waals surface area contributed by atoms with Crippen molar-refractivity contribution in [2.45, 2.75) is 38.6 Å². The van der Waals surface area contributed by atoms with Crippen molar-refractivity contribution in [3.63, 3.8) is 0 Å². The van der Waals surface area contributed by atoms with E-state index >= 15 is 0 Å². The molecule has 0 radical (unpaired) electrons. The summed E-state index contributed by atoms with van der Waals surface area (Å²) in [7, 11) is 1.55. The Hall–Kier alpha value is -2.82. The number of anilines is 2. The molecule has 0 bridgehead atoms. The number of nitrogens with one attached hydrogen (secondary N) is 2. The number of methoxy groups -OCH3 is 1. The molecule has 0 spiro atoms. The van der Waals surface area contributed by atoms with Crippen LogP contribution in [0.1, 0.15) is 31.0 Å². The van der Waals surface area contributed by atoms with Crippen LogP contribution in [0, 0.1) is 5.95 Å². The van der Waals surface area contributed by atoms with E-state index in [4.69, 9.17) is 9.47 Å². The van der Waals surface area contributed by atoms with Gasteiger partial charge in [0, 0.05) is 45.9 Å². The molecule has 10 heteroatoms. The highest BCUT2D eigenvalue weighted by Gasteiger charge is 2.39. The molecule has 1 amide bonds. The minimum Gasteiger partial charge on any atom is -0.447 e. The highest BCUT2D eigenvalue weighted by atomic mass is 19.1. The first kappa shape index (κ1) is 23.3. The number of hydrogen-bond donors (Lipinski definition) is 2. The Morgan fingerprint density at radius 2 is 1.97 bits per heavy atom. The van der Waals surface area contributed by atoms with Gasteiger partial charge < -0.3 is 20.1 Å². The van der Waals surface area contributed by atoms with E-state index in [0.29, 0.717) is 0 Å². The van der Waals surface area contributed by atoms with E-state index in [1.54, 1.807) is 7.11 Å². The summed E-state index contributed by atoms with van der Waals surface area (Å²) in [5.74, 6) is -0.490. The minimum absolute atomic E-state index is 0.103. The van der Waals surface area contributed by atoms with Gasteiger partial charge in [0.1, 0.15) is 18.5 Å². The van der Waals surface area contributed by atoms with E-state index in [-0.39, 0.29) is 30.5 Å². The topological polar surface area (TPSA) is 91.9 Å². The summed E-state index contributed by atoms with van der Waals surface area (Å²) in [5, 5.41) is 6.51. The molecule has 1 aromatic carbocycles. The van der Waals surface area contributed by atoms with Gasteiger partial charge in [-0.15, -0.1) is 0 Å². The Morgan fingerprint density at radius 3 is 2.67 bits per heavy atom. The second-order valence-electron chi connectivity index (χ2n) is 8.46. The maximum Gasteiger partial charge on any atom is 0.416 e. The quantitative estimate of drug-likeness (QED) is 0.584. The number of nitrogens with zero attached hydrogens (tertiary/aromatic N) is 4. The molecular weight excluding hydrogens is 427 g/mol. The molecule has 2 fully saturated rings. The fourth-order valence-electron chi connectivity index (χ4n) is 4.11. The summed E-state index contributed by atoms with van der Waals surface area (Å²) >= 11 is 0. The Bertz CT molecular complexity index is 954. The average Bonchev–Trinajstić information content (AvgIpc) is 3.20. The average molecular weight is 459 g/mol. The number of piperazine rings is 1. The molecule has 0 saturated carbocycles. The Labute approximate surface area is 193 Å². The van der Waals surface area contributed by atoms with Gasteiger partial charge in [-0.05, 0) is 25.0 Å². The molecule has 3 atom stereocenters. The zero-order valence-corrected chi connectivity index (χ0v) is 19.3. The van der Waals surface area contributed by atoms with Crippen LogP contribution >= 0.6 is 0 Å². The zero-order valence-electron chi connectivity index (χ0n) is 19.3. The standard InChI is InChI=1S/C23H31FN6O3/c1-15(18-6-4-17(5-7-18)13-29-10-8-25-9-11-29)26-22-27-20(24)12-21(28-22)30-19(16(2)32-3)14-33-23(30)31/h4-7,12,15-16,19,25H,8-11,13-14H2,1-3H3,(H,26,27,28)/t15?,16?,19-/m1/s1. The summed E-state index contributed by atoms with van der Waals surface area (Å²) < 4.78 is 24.8. The van der Waals surface area contributed by atoms with Crippen LogP contribution in [0.25, 0.3) is 0 Å². The monoisotopic (exact) mass is 458 g/mol. The second-order valence-corrected chi connectivity index (χ2v) is 8.46. The lowest BCUT2D eigenvalue weighted by atomic mass is 10.1. The highest BCUT2D eigenvalue weighted by molar-refractivity contribution is 5.89. The molecule has 1 aromatic heterocycles. The van der Waals surface area contributed by atoms with Crippen molar-refractivity contribution in [2.75, 3.05) is 50.1 Å². The molecule has 9 nitrogen and oxygen atoms in total. The maximum absolute atomic E-state index is 14.3. The number of aromatic nitrogens is 2. The van der Waals surface area contributed by atoms with E-state index in [1.165, 1.54) is 10.5 Å². The second kappa shape index (κ2) is 10.4. The van der Waals surface area contributed by atoms with Crippen molar-refractivity contribution < 1.29 is 18.7 Å². The normalized spacial score (nSPS) is 21.0. The van der Waals surface area contributed by atoms with Crippen LogP contribution < -0.4 is 15.5 Å². The number of rotatable bonds is 8. The van der Waals surface area contributed by atoms with Crippen molar-refractivity contribution in [1.82, 2.24) is 20.2 Å². The molecule has 178 valence electrons. The highest BCUT2D eigenvalue weighted by Crippen LogP contribution is 2.26. The van der Waals surface area contributed by atoms with Crippen molar-refractivity contribution in [2.24, 2.45) is 0 Å². The summed E-state index contributed by atoms with van der Waals surface area (Å²) in [6, 6.07) is 8.92. The molecule has 0 aliphatic carbocycles. The van der Waals surface area contributed by atoms with E-state index in [0.717, 1.165) is 44.4 Å². The van der Waals surface area contributed by atoms with Crippen LogP contribution in [0.5, 0.6) is 0 Å². The lowest BCUT2D eigenvalue weighted by Crippen LogP contribution is -2.42. The Balaban J connectivity index is 1.45. The van der Waals surface area contributed by atoms with Crippen LogP contribution in [0.4, 0.5) is 21.0 Å². The predicted molar refractivity (Wildman–Crippen MR) is 123 cm³/mol. The first-order chi connectivity index (χ1) is 15.9. The molecule has 4 rings (SSSR count). The van der Waals surface area contributed by atoms with E-state index in [9.17, 15) is 9.18 Å². The number of amides is 1. The van der Waals surface area contributed by atoms with Crippen LogP contribution in [0.15, 0.2) is 30.3 Å². The van der Waals surface area contributed by atoms with E-state index in [1.807, 2.05) is 13.8 Å². The van der Waals surface area contributed by atoms with Gasteiger partial charge in [-0.3, -0.25) is 9.80 Å². The van der Waals surface area contributed by atoms with Crippen molar-refractivity contribution in [3.8, 4) is 0 Å². The number of benzene rings is 1. The Kier molecular flexibility index (Phi) is 7.36. The summed E-state index contributed by atoms with van der Waals surface area (Å²) in [6.45, 7) is 9.00. The molecule has 33 heavy (non-hydrogen) atoms. The van der Waals surface area contributed by atoms with Crippen molar-refractivity contribution >= 4 is 17.9 Å². The fraction of sp³-hybridized carbons (Fsp3) is 0.522. The SMILES string of the molecule is COC(C)[C@H]1COC(=O)N1c1cc(F)nc(NC(C)c2ccc(CN3CCNCC3)cc2)n1. The molecule has 2 aliphatic heterocycles. The molecular formula is C23H31FN6O3. The van der Waals surface area contributed by atoms with E-state index in [2.05, 4.69) is 49.8 Å². The molecule has 3 heterocycles. The maximum atomic E-state index is 14.3. The van der Waals surface area contributed by atoms with Gasteiger partial charge in [0.25, 0.3) is 0 Å². The summed E-state index contributed by atoms with van der Waals surface area (Å²) in [5.41, 5.74) is 2.28. The third kappa shape index (κ3) is 5.58. The third-order valence-corrected chi connectivity index (χ3v) is 6.19. The van der Waals surface area contributed by atoms with Gasteiger partial charge in [0.05, 0.1) is 12.1 Å². The number of hydrogen-bond acceptors (Lipinski definition) is 8. The van der Waals surface area contributed by atoms with Crippen molar-refractivity contribution in [3.05, 3.63) is 47.4 Å². The van der Waals surface area contributed by atoms with Gasteiger partial charge in [-0.2, -0.15) is 14.4 Å².